The molecule has 4 N–H and O–H groups in total. The predicted molar refractivity (Wildman–Crippen MR) is 214 cm³/mol. The molecule has 0 radical (unpaired) electrons. The molecule has 10 heteroatoms. The molecule has 304 valence electrons. The van der Waals surface area contributed by atoms with E-state index in [1.54, 1.807) is 6.08 Å². The lowest BCUT2D eigenvalue weighted by Crippen LogP contribution is -2.45. The van der Waals surface area contributed by atoms with Crippen LogP contribution in [0.25, 0.3) is 0 Å². The van der Waals surface area contributed by atoms with Crippen molar-refractivity contribution in [1.29, 1.82) is 0 Å². The van der Waals surface area contributed by atoms with Crippen molar-refractivity contribution in [3.05, 3.63) is 24.3 Å². The van der Waals surface area contributed by atoms with E-state index in [1.807, 2.05) is 27.2 Å². The summed E-state index contributed by atoms with van der Waals surface area (Å²) < 4.78 is 23.5. The Bertz CT molecular complexity index is 879. The summed E-state index contributed by atoms with van der Waals surface area (Å²) in [6.45, 7) is 4.79. The van der Waals surface area contributed by atoms with E-state index >= 15 is 0 Å². The van der Waals surface area contributed by atoms with Crippen LogP contribution in [-0.4, -0.2) is 78.9 Å². The fraction of sp³-hybridized carbons (Fsp3) is 0.878. The van der Waals surface area contributed by atoms with E-state index in [1.165, 1.54) is 109 Å². The number of nitrogens with zero attached hydrogens (tertiary/aromatic N) is 1. The van der Waals surface area contributed by atoms with Gasteiger partial charge in [-0.1, -0.05) is 154 Å². The van der Waals surface area contributed by atoms with Crippen LogP contribution < -0.4 is 5.32 Å². The molecule has 51 heavy (non-hydrogen) atoms. The lowest BCUT2D eigenvalue weighted by Gasteiger charge is -2.25. The predicted octanol–water partition coefficient (Wildman–Crippen LogP) is 10.8. The Morgan fingerprint density at radius 1 is 0.667 bits per heavy atom. The summed E-state index contributed by atoms with van der Waals surface area (Å²) in [5.74, 6) is -0.187. The van der Waals surface area contributed by atoms with E-state index in [4.69, 9.17) is 9.05 Å². The molecule has 0 heterocycles. The number of phosphoric acid groups is 1. The SMILES string of the molecule is CCCCCCCC/C=C\CCCCCCCC(=O)N[C@@H](COP(=O)(O)OCC[N+](C)(C)C)[C@@H](O)/C=C/CCCCCCCCCCCCC.[OH-]. The van der Waals surface area contributed by atoms with Gasteiger partial charge in [-0.25, -0.2) is 4.57 Å². The Hall–Kier alpha value is -1.06. The lowest BCUT2D eigenvalue weighted by atomic mass is 10.0. The van der Waals surface area contributed by atoms with Crippen molar-refractivity contribution >= 4 is 13.7 Å². The third-order valence-electron chi connectivity index (χ3n) is 9.17. The highest BCUT2D eigenvalue weighted by molar-refractivity contribution is 7.47. The van der Waals surface area contributed by atoms with Crippen LogP contribution in [0.3, 0.4) is 0 Å². The molecule has 0 aliphatic rings. The normalized spacial score (nSPS) is 14.5. The van der Waals surface area contributed by atoms with E-state index in [2.05, 4.69) is 31.3 Å². The lowest BCUT2D eigenvalue weighted by molar-refractivity contribution is -0.870. The molecule has 0 saturated carbocycles. The summed E-state index contributed by atoms with van der Waals surface area (Å²) in [4.78, 5) is 23.0. The Kier molecular flexibility index (Phi) is 36.7. The number of hydrogen-bond acceptors (Lipinski definition) is 6. The largest absolute Gasteiger partial charge is 0.870 e. The van der Waals surface area contributed by atoms with Gasteiger partial charge in [-0.15, -0.1) is 0 Å². The second-order valence-electron chi connectivity index (χ2n) is 15.4. The summed E-state index contributed by atoms with van der Waals surface area (Å²) in [6, 6.07) is -0.846. The second-order valence-corrected chi connectivity index (χ2v) is 16.8. The van der Waals surface area contributed by atoms with Crippen molar-refractivity contribution in [3.8, 4) is 0 Å². The second kappa shape index (κ2) is 35.9. The number of rotatable bonds is 37. The maximum absolute atomic E-state index is 12.8. The van der Waals surface area contributed by atoms with E-state index in [0.29, 0.717) is 17.4 Å². The van der Waals surface area contributed by atoms with Crippen LogP contribution in [0.1, 0.15) is 181 Å². The molecule has 0 rings (SSSR count). The van der Waals surface area contributed by atoms with E-state index < -0.39 is 20.0 Å². The van der Waals surface area contributed by atoms with Crippen LogP contribution in [0.5, 0.6) is 0 Å². The van der Waals surface area contributed by atoms with Gasteiger partial charge >= 0.3 is 7.82 Å². The molecule has 0 aliphatic heterocycles. The number of likely N-dealkylation sites (N-methyl/N-ethyl adjacent to an activating group) is 1. The summed E-state index contributed by atoms with van der Waals surface area (Å²) in [7, 11) is 1.57. The summed E-state index contributed by atoms with van der Waals surface area (Å²) in [5.41, 5.74) is 0. The first-order chi connectivity index (χ1) is 24.0. The Balaban J connectivity index is 0. The highest BCUT2D eigenvalue weighted by Crippen LogP contribution is 2.43. The Morgan fingerprint density at radius 3 is 1.53 bits per heavy atom. The van der Waals surface area contributed by atoms with Gasteiger partial charge in [0.25, 0.3) is 0 Å². The zero-order chi connectivity index (χ0) is 37.2. The van der Waals surface area contributed by atoms with Gasteiger partial charge in [0, 0.05) is 6.42 Å². The van der Waals surface area contributed by atoms with Crippen molar-refractivity contribution < 1.29 is 38.4 Å². The minimum Gasteiger partial charge on any atom is -0.870 e. The van der Waals surface area contributed by atoms with Gasteiger partial charge in [-0.3, -0.25) is 13.8 Å². The quantitative estimate of drug-likeness (QED) is 0.0249. The Morgan fingerprint density at radius 2 is 1.08 bits per heavy atom. The van der Waals surface area contributed by atoms with Crippen molar-refractivity contribution in [1.82, 2.24) is 5.32 Å². The molecule has 0 aliphatic carbocycles. The van der Waals surface area contributed by atoms with Crippen molar-refractivity contribution in [3.63, 3.8) is 0 Å². The zero-order valence-electron chi connectivity index (χ0n) is 33.8. The molecular formula is C41H83N2O7P. The van der Waals surface area contributed by atoms with Gasteiger partial charge in [0.05, 0.1) is 39.9 Å². The number of quaternary nitrogens is 1. The van der Waals surface area contributed by atoms with E-state index in [-0.39, 0.29) is 24.6 Å². The minimum absolute atomic E-state index is 0. The van der Waals surface area contributed by atoms with Gasteiger partial charge in [-0.2, -0.15) is 0 Å². The Labute approximate surface area is 314 Å². The third-order valence-corrected chi connectivity index (χ3v) is 10.1. The van der Waals surface area contributed by atoms with Crippen LogP contribution in [0.4, 0.5) is 0 Å². The van der Waals surface area contributed by atoms with Crippen molar-refractivity contribution in [2.24, 2.45) is 0 Å². The number of phosphoric ester groups is 1. The number of aliphatic hydroxyl groups excluding tert-OH is 1. The number of aliphatic hydroxyl groups is 1. The standard InChI is InChI=1S/C41H81N2O6P.H2O/c1-6-8-10-12-14-16-18-20-21-23-25-27-29-31-33-35-41(45)42-39(38-49-50(46,47)48-37-36-43(3,4)5)40(44)34-32-30-28-26-24-22-19-17-15-13-11-9-7-2;/h20-21,32,34,39-40,44H,6-19,22-31,33,35-38H2,1-5H3,(H-,42,45,46,47);1H2/b21-20-,34-32+;/t39-,40-;/m0./s1. The number of hydrogen-bond donors (Lipinski definition) is 3. The van der Waals surface area contributed by atoms with Crippen LogP contribution in [0.2, 0.25) is 0 Å². The first-order valence-corrected chi connectivity index (χ1v) is 22.2. The fourth-order valence-corrected chi connectivity index (χ4v) is 6.53. The third kappa shape index (κ3) is 38.5. The summed E-state index contributed by atoms with van der Waals surface area (Å²) >= 11 is 0. The molecule has 1 unspecified atom stereocenters. The van der Waals surface area contributed by atoms with Crippen LogP contribution in [0, 0.1) is 0 Å². The molecule has 0 spiro atoms. The number of carbonyl (C=O) groups is 1. The molecule has 0 bridgehead atoms. The molecule has 0 fully saturated rings. The number of nitrogens with one attached hydrogen (secondary N) is 1. The van der Waals surface area contributed by atoms with Gasteiger partial charge in [-0.05, 0) is 44.9 Å². The van der Waals surface area contributed by atoms with Gasteiger partial charge < -0.3 is 25.3 Å². The maximum atomic E-state index is 12.8. The fourth-order valence-electron chi connectivity index (χ4n) is 5.80. The molecule has 0 aromatic heterocycles. The number of amides is 1. The molecular weight excluding hydrogens is 663 g/mol. The average Bonchev–Trinajstić information content (AvgIpc) is 3.06. The first kappa shape index (κ1) is 52.0. The summed E-state index contributed by atoms with van der Waals surface area (Å²) in [5, 5.41) is 13.8. The van der Waals surface area contributed by atoms with Crippen LogP contribution >= 0.6 is 7.82 Å². The van der Waals surface area contributed by atoms with Crippen LogP contribution in [0.15, 0.2) is 24.3 Å². The molecule has 3 atom stereocenters. The highest BCUT2D eigenvalue weighted by Gasteiger charge is 2.27. The topological polar surface area (TPSA) is 135 Å². The highest BCUT2D eigenvalue weighted by atomic mass is 31.2. The van der Waals surface area contributed by atoms with Gasteiger partial charge in [0.15, 0.2) is 0 Å². The number of carbonyl (C=O) groups excluding carboxylic acids is 1. The smallest absolute Gasteiger partial charge is 0.472 e. The zero-order valence-corrected chi connectivity index (χ0v) is 34.7. The van der Waals surface area contributed by atoms with Crippen molar-refractivity contribution in [2.75, 3.05) is 40.9 Å². The monoisotopic (exact) mass is 747 g/mol. The molecule has 9 nitrogen and oxygen atoms in total. The average molecular weight is 747 g/mol. The number of allylic oxidation sites excluding steroid dienone is 3. The maximum Gasteiger partial charge on any atom is 0.472 e. The van der Waals surface area contributed by atoms with Gasteiger partial charge in [0.1, 0.15) is 13.2 Å². The minimum atomic E-state index is -4.33. The molecule has 0 saturated heterocycles. The number of unbranched alkanes of at least 4 members (excludes halogenated alkanes) is 22. The van der Waals surface area contributed by atoms with Crippen LogP contribution in [-0.2, 0) is 18.4 Å². The first-order valence-electron chi connectivity index (χ1n) is 20.7. The van der Waals surface area contributed by atoms with E-state index in [0.717, 1.165) is 51.4 Å². The molecule has 0 aromatic rings. The molecule has 0 aromatic carbocycles. The van der Waals surface area contributed by atoms with Gasteiger partial charge in [0.2, 0.25) is 5.91 Å². The van der Waals surface area contributed by atoms with Crippen molar-refractivity contribution in [2.45, 2.75) is 193 Å². The molecule has 1 amide bonds. The summed E-state index contributed by atoms with van der Waals surface area (Å²) in [6.07, 6.45) is 38.0. The van der Waals surface area contributed by atoms with E-state index in [9.17, 15) is 19.4 Å².